The van der Waals surface area contributed by atoms with E-state index in [0.717, 1.165) is 23.7 Å². The van der Waals surface area contributed by atoms with Gasteiger partial charge in [0.2, 0.25) is 0 Å². The highest BCUT2D eigenvalue weighted by atomic mass is 79.9. The number of benzene rings is 1. The van der Waals surface area contributed by atoms with Crippen LogP contribution in [0.5, 0.6) is 0 Å². The Kier molecular flexibility index (Phi) is 5.67. The summed E-state index contributed by atoms with van der Waals surface area (Å²) in [6, 6.07) is 7.13. The zero-order valence-electron chi connectivity index (χ0n) is 10.3. The van der Waals surface area contributed by atoms with Crippen LogP contribution >= 0.6 is 15.9 Å². The molecule has 0 aliphatic rings. The monoisotopic (exact) mass is 318 g/mol. The number of halogens is 1. The van der Waals surface area contributed by atoms with Gasteiger partial charge in [-0.2, -0.15) is 0 Å². The normalized spacial score (nSPS) is 13.6. The lowest BCUT2D eigenvalue weighted by Gasteiger charge is -2.13. The number of alkyl halides is 1. The molecule has 0 spiro atoms. The van der Waals surface area contributed by atoms with Crippen LogP contribution in [0.3, 0.4) is 0 Å². The van der Waals surface area contributed by atoms with E-state index < -0.39 is 9.84 Å². The predicted molar refractivity (Wildman–Crippen MR) is 75.4 cm³/mol. The van der Waals surface area contributed by atoms with Crippen molar-refractivity contribution in [3.63, 3.8) is 0 Å². The number of rotatable bonds is 6. The van der Waals surface area contributed by atoms with Gasteiger partial charge >= 0.3 is 0 Å². The molecule has 0 saturated heterocycles. The maximum absolute atomic E-state index is 12.2. The van der Waals surface area contributed by atoms with E-state index in [-0.39, 0.29) is 11.7 Å². The molecule has 1 rings (SSSR count). The molecule has 17 heavy (non-hydrogen) atoms. The smallest absolute Gasteiger partial charge is 0.178 e. The molecular weight excluding hydrogens is 300 g/mol. The number of hydrogen-bond acceptors (Lipinski definition) is 2. The standard InChI is InChI=1S/C13H19BrO2S/c1-3-5-12(9-14)10-17(15,16)13-7-4-6-11(2)8-13/h4,6-8,12H,3,5,9-10H2,1-2H3. The lowest BCUT2D eigenvalue weighted by atomic mass is 10.1. The van der Waals surface area contributed by atoms with Crippen molar-refractivity contribution in [1.29, 1.82) is 0 Å². The molecule has 0 bridgehead atoms. The van der Waals surface area contributed by atoms with Crippen molar-refractivity contribution >= 4 is 25.8 Å². The summed E-state index contributed by atoms with van der Waals surface area (Å²) in [5.74, 6) is 0.431. The van der Waals surface area contributed by atoms with Gasteiger partial charge in [-0.05, 0) is 37.0 Å². The summed E-state index contributed by atoms with van der Waals surface area (Å²) >= 11 is 3.39. The first-order valence-corrected chi connectivity index (χ1v) is 8.62. The molecule has 1 aromatic rings. The molecule has 0 heterocycles. The first-order valence-electron chi connectivity index (χ1n) is 5.85. The fraction of sp³-hybridized carbons (Fsp3) is 0.538. The van der Waals surface area contributed by atoms with Crippen LogP contribution in [-0.4, -0.2) is 19.5 Å². The Hall–Kier alpha value is -0.350. The maximum atomic E-state index is 12.2. The lowest BCUT2D eigenvalue weighted by molar-refractivity contribution is 0.552. The minimum atomic E-state index is -3.15. The first-order chi connectivity index (χ1) is 7.99. The number of hydrogen-bond donors (Lipinski definition) is 0. The molecule has 0 N–H and O–H groups in total. The SMILES string of the molecule is CCCC(CBr)CS(=O)(=O)c1cccc(C)c1. The molecule has 4 heteroatoms. The van der Waals surface area contributed by atoms with Gasteiger partial charge in [0.1, 0.15) is 0 Å². The molecule has 2 nitrogen and oxygen atoms in total. The highest BCUT2D eigenvalue weighted by Gasteiger charge is 2.20. The fourth-order valence-corrected chi connectivity index (χ4v) is 4.43. The first kappa shape index (κ1) is 14.7. The van der Waals surface area contributed by atoms with E-state index in [1.165, 1.54) is 0 Å². The minimum Gasteiger partial charge on any atom is -0.224 e. The van der Waals surface area contributed by atoms with Crippen molar-refractivity contribution in [3.05, 3.63) is 29.8 Å². The van der Waals surface area contributed by atoms with Gasteiger partial charge in [0.05, 0.1) is 10.6 Å². The van der Waals surface area contributed by atoms with Crippen molar-refractivity contribution in [2.75, 3.05) is 11.1 Å². The van der Waals surface area contributed by atoms with Gasteiger partial charge in [-0.25, -0.2) is 8.42 Å². The quantitative estimate of drug-likeness (QED) is 0.751. The predicted octanol–water partition coefficient (Wildman–Crippen LogP) is 3.58. The Labute approximate surface area is 112 Å². The molecule has 0 fully saturated rings. The van der Waals surface area contributed by atoms with Gasteiger partial charge in [0.15, 0.2) is 9.84 Å². The van der Waals surface area contributed by atoms with Crippen molar-refractivity contribution in [2.45, 2.75) is 31.6 Å². The molecule has 0 radical (unpaired) electrons. The van der Waals surface area contributed by atoms with E-state index in [1.807, 2.05) is 13.0 Å². The van der Waals surface area contributed by atoms with E-state index >= 15 is 0 Å². The van der Waals surface area contributed by atoms with Crippen LogP contribution in [0.15, 0.2) is 29.2 Å². The van der Waals surface area contributed by atoms with Crippen molar-refractivity contribution in [2.24, 2.45) is 5.92 Å². The largest absolute Gasteiger partial charge is 0.224 e. The van der Waals surface area contributed by atoms with E-state index in [1.54, 1.807) is 18.2 Å². The Morgan fingerprint density at radius 1 is 1.35 bits per heavy atom. The molecule has 1 atom stereocenters. The Bertz CT molecular complexity index is 454. The molecule has 1 aromatic carbocycles. The number of aryl methyl sites for hydroxylation is 1. The second-order valence-corrected chi connectivity index (χ2v) is 7.09. The van der Waals surface area contributed by atoms with Crippen molar-refractivity contribution in [3.8, 4) is 0 Å². The summed E-state index contributed by atoms with van der Waals surface area (Å²) in [5, 5.41) is 0.742. The summed E-state index contributed by atoms with van der Waals surface area (Å²) < 4.78 is 24.4. The summed E-state index contributed by atoms with van der Waals surface area (Å²) in [7, 11) is -3.15. The van der Waals surface area contributed by atoms with Crippen LogP contribution in [0.4, 0.5) is 0 Å². The number of sulfone groups is 1. The van der Waals surface area contributed by atoms with Crippen LogP contribution in [0.25, 0.3) is 0 Å². The second kappa shape index (κ2) is 6.55. The molecule has 0 amide bonds. The Morgan fingerprint density at radius 3 is 2.59 bits per heavy atom. The van der Waals surface area contributed by atoms with Crippen LogP contribution in [0, 0.1) is 12.8 Å². The van der Waals surface area contributed by atoms with Crippen LogP contribution in [-0.2, 0) is 9.84 Å². The highest BCUT2D eigenvalue weighted by Crippen LogP contribution is 2.19. The van der Waals surface area contributed by atoms with Crippen LogP contribution < -0.4 is 0 Å². The average molecular weight is 319 g/mol. The third-order valence-corrected chi connectivity index (χ3v) is 5.52. The highest BCUT2D eigenvalue weighted by molar-refractivity contribution is 9.09. The average Bonchev–Trinajstić information content (AvgIpc) is 2.28. The molecule has 1 unspecified atom stereocenters. The molecular formula is C13H19BrO2S. The van der Waals surface area contributed by atoms with Crippen molar-refractivity contribution < 1.29 is 8.42 Å². The second-order valence-electron chi connectivity index (χ2n) is 4.41. The third kappa shape index (κ3) is 4.43. The molecule has 0 aliphatic heterocycles. The lowest BCUT2D eigenvalue weighted by Crippen LogP contribution is -2.17. The Morgan fingerprint density at radius 2 is 2.06 bits per heavy atom. The zero-order valence-corrected chi connectivity index (χ0v) is 12.7. The maximum Gasteiger partial charge on any atom is 0.178 e. The summed E-state index contributed by atoms with van der Waals surface area (Å²) in [4.78, 5) is 0.444. The van der Waals surface area contributed by atoms with E-state index in [2.05, 4.69) is 22.9 Å². The van der Waals surface area contributed by atoms with Gasteiger partial charge in [-0.15, -0.1) is 0 Å². The Balaban J connectivity index is 2.88. The molecule has 0 aliphatic carbocycles. The van der Waals surface area contributed by atoms with Gasteiger partial charge in [0.25, 0.3) is 0 Å². The topological polar surface area (TPSA) is 34.1 Å². The minimum absolute atomic E-state index is 0.200. The van der Waals surface area contributed by atoms with Crippen LogP contribution in [0.1, 0.15) is 25.3 Å². The third-order valence-electron chi connectivity index (χ3n) is 2.72. The van der Waals surface area contributed by atoms with E-state index in [0.29, 0.717) is 4.90 Å². The van der Waals surface area contributed by atoms with E-state index in [4.69, 9.17) is 0 Å². The summed E-state index contributed by atoms with van der Waals surface area (Å²) in [5.41, 5.74) is 0.983. The van der Waals surface area contributed by atoms with Crippen LogP contribution in [0.2, 0.25) is 0 Å². The molecule has 0 aromatic heterocycles. The molecule has 0 saturated carbocycles. The van der Waals surface area contributed by atoms with Gasteiger partial charge in [0, 0.05) is 5.33 Å². The van der Waals surface area contributed by atoms with Gasteiger partial charge < -0.3 is 0 Å². The zero-order chi connectivity index (χ0) is 12.9. The fourth-order valence-electron chi connectivity index (χ4n) is 1.83. The molecule has 96 valence electrons. The van der Waals surface area contributed by atoms with Crippen molar-refractivity contribution in [1.82, 2.24) is 0 Å². The van der Waals surface area contributed by atoms with Gasteiger partial charge in [-0.3, -0.25) is 0 Å². The summed E-state index contributed by atoms with van der Waals surface area (Å²) in [6.45, 7) is 3.99. The van der Waals surface area contributed by atoms with Gasteiger partial charge in [-0.1, -0.05) is 41.4 Å². The van der Waals surface area contributed by atoms with E-state index in [9.17, 15) is 8.42 Å². The summed E-state index contributed by atoms with van der Waals surface area (Å²) in [6.07, 6.45) is 1.95.